The molecule has 1 aliphatic heterocycles. The number of fused-ring (bicyclic) bond motifs is 3. The molecule has 1 aromatic heterocycles. The molecular weight excluding hydrogens is 530 g/mol. The lowest BCUT2D eigenvalue weighted by atomic mass is 9.52. The number of hydrogen-bond acceptors (Lipinski definition) is 10. The molecule has 1 amide bonds. The maximum Gasteiger partial charge on any atom is 0.230 e. The average Bonchev–Trinajstić information content (AvgIpc) is 3.59. The number of furan rings is 1. The van der Waals surface area contributed by atoms with Gasteiger partial charge in [-0.3, -0.25) is 24.1 Å². The summed E-state index contributed by atoms with van der Waals surface area (Å²) in [6.07, 6.45) is 1.04. The highest BCUT2D eigenvalue weighted by molar-refractivity contribution is 6.25. The number of carbonyl (C=O) groups excluding carboxylic acids is 4. The summed E-state index contributed by atoms with van der Waals surface area (Å²) in [5.74, 6) is -7.89. The molecule has 5 N–H and O–H groups in total. The minimum atomic E-state index is -2.68. The van der Waals surface area contributed by atoms with E-state index >= 15 is 0 Å². The number of nitrogens with zero attached hydrogens (tertiary/aromatic N) is 2. The summed E-state index contributed by atoms with van der Waals surface area (Å²) in [6.45, 7) is 2.69. The van der Waals surface area contributed by atoms with Crippen LogP contribution in [-0.4, -0.2) is 93.3 Å². The van der Waals surface area contributed by atoms with Crippen molar-refractivity contribution in [3.63, 3.8) is 0 Å². The van der Waals surface area contributed by atoms with E-state index in [-0.39, 0.29) is 24.2 Å². The van der Waals surface area contributed by atoms with Gasteiger partial charge in [0.2, 0.25) is 5.91 Å². The number of hydrogen-bond donors (Lipinski definition) is 4. The number of phenolic OH excluding ortho intramolecular Hbond substituents is 1. The van der Waals surface area contributed by atoms with E-state index in [0.29, 0.717) is 23.4 Å². The van der Waals surface area contributed by atoms with Crippen molar-refractivity contribution in [1.29, 1.82) is 0 Å². The number of ketones is 3. The predicted molar refractivity (Wildman–Crippen MR) is 145 cm³/mol. The Kier molecular flexibility index (Phi) is 6.68. The SMILES string of the molecule is CN(C)C1C(O)C(C(N)=O)C(=O)[C@]2(O)C(=O)C3C(=O)c4c(O)ccc(-c5ccc(CN6CCCC6)o5)c4C[C@@H]3C[C@H]12. The van der Waals surface area contributed by atoms with Gasteiger partial charge in [0.15, 0.2) is 23.0 Å². The first-order chi connectivity index (χ1) is 19.4. The molecule has 4 aliphatic rings. The summed E-state index contributed by atoms with van der Waals surface area (Å²) in [4.78, 5) is 57.4. The number of aliphatic hydroxyl groups excluding tert-OH is 1. The number of amides is 1. The van der Waals surface area contributed by atoms with Crippen LogP contribution in [0.25, 0.3) is 11.3 Å². The number of likely N-dealkylation sites (N-methyl/N-ethyl adjacent to an activating group) is 1. The molecule has 4 unspecified atom stereocenters. The van der Waals surface area contributed by atoms with Crippen LogP contribution in [0.15, 0.2) is 28.7 Å². The number of carbonyl (C=O) groups is 4. The van der Waals surface area contributed by atoms with Crippen molar-refractivity contribution in [3.8, 4) is 17.1 Å². The lowest BCUT2D eigenvalue weighted by Crippen LogP contribution is -2.75. The predicted octanol–water partition coefficient (Wildman–Crippen LogP) is 0.515. The minimum Gasteiger partial charge on any atom is -0.507 e. The van der Waals surface area contributed by atoms with Crippen LogP contribution in [0.4, 0.5) is 0 Å². The fourth-order valence-corrected chi connectivity index (χ4v) is 7.82. The Morgan fingerprint density at radius 3 is 2.49 bits per heavy atom. The van der Waals surface area contributed by atoms with Crippen molar-refractivity contribution in [2.75, 3.05) is 27.2 Å². The van der Waals surface area contributed by atoms with E-state index in [2.05, 4.69) is 4.90 Å². The largest absolute Gasteiger partial charge is 0.507 e. The molecule has 3 aliphatic carbocycles. The number of Topliss-reactive ketones (excluding diaryl/α,β-unsaturated/α-hetero) is 3. The fourth-order valence-electron chi connectivity index (χ4n) is 7.82. The second-order valence-corrected chi connectivity index (χ2v) is 12.2. The molecule has 218 valence electrons. The van der Waals surface area contributed by atoms with Gasteiger partial charge in [-0.05, 0) is 88.6 Å². The van der Waals surface area contributed by atoms with E-state index in [4.69, 9.17) is 10.2 Å². The van der Waals surface area contributed by atoms with Gasteiger partial charge in [0, 0.05) is 17.5 Å². The van der Waals surface area contributed by atoms with Gasteiger partial charge in [-0.1, -0.05) is 0 Å². The van der Waals surface area contributed by atoms with Crippen molar-refractivity contribution in [1.82, 2.24) is 9.80 Å². The van der Waals surface area contributed by atoms with E-state index in [0.717, 1.165) is 31.7 Å². The van der Waals surface area contributed by atoms with Crippen molar-refractivity contribution >= 4 is 23.3 Å². The van der Waals surface area contributed by atoms with Crippen LogP contribution >= 0.6 is 0 Å². The van der Waals surface area contributed by atoms with E-state index in [9.17, 15) is 34.5 Å². The van der Waals surface area contributed by atoms with E-state index < -0.39 is 64.7 Å². The van der Waals surface area contributed by atoms with Crippen LogP contribution in [0.2, 0.25) is 0 Å². The van der Waals surface area contributed by atoms with Crippen LogP contribution in [0, 0.1) is 23.7 Å². The smallest absolute Gasteiger partial charge is 0.230 e. The number of nitrogens with two attached hydrogens (primary N) is 1. The fraction of sp³-hybridized carbons (Fsp3) is 0.533. The zero-order valence-corrected chi connectivity index (χ0v) is 23.1. The van der Waals surface area contributed by atoms with Gasteiger partial charge >= 0.3 is 0 Å². The molecule has 2 aromatic rings. The lowest BCUT2D eigenvalue weighted by Gasteiger charge is -2.54. The highest BCUT2D eigenvalue weighted by atomic mass is 16.3. The summed E-state index contributed by atoms with van der Waals surface area (Å²) < 4.78 is 6.17. The van der Waals surface area contributed by atoms with Crippen LogP contribution in [0.3, 0.4) is 0 Å². The second-order valence-electron chi connectivity index (χ2n) is 12.2. The molecule has 41 heavy (non-hydrogen) atoms. The van der Waals surface area contributed by atoms with Crippen molar-refractivity contribution in [3.05, 3.63) is 41.2 Å². The number of phenols is 1. The van der Waals surface area contributed by atoms with Crippen LogP contribution in [0.1, 0.15) is 40.9 Å². The van der Waals surface area contributed by atoms with E-state index in [1.165, 1.54) is 6.07 Å². The Hall–Kier alpha value is -3.38. The molecule has 11 heteroatoms. The second kappa shape index (κ2) is 9.87. The molecule has 1 aromatic carbocycles. The number of aromatic hydroxyl groups is 1. The zero-order valence-electron chi connectivity index (χ0n) is 23.1. The molecule has 2 saturated carbocycles. The Morgan fingerprint density at radius 2 is 1.83 bits per heavy atom. The van der Waals surface area contributed by atoms with Crippen LogP contribution in [0.5, 0.6) is 5.75 Å². The van der Waals surface area contributed by atoms with Gasteiger partial charge < -0.3 is 30.4 Å². The van der Waals surface area contributed by atoms with Gasteiger partial charge in [-0.2, -0.15) is 0 Å². The Labute approximate surface area is 236 Å². The monoisotopic (exact) mass is 565 g/mol. The van der Waals surface area contributed by atoms with Gasteiger partial charge in [0.05, 0.1) is 24.1 Å². The normalized spacial score (nSPS) is 33.5. The maximum atomic E-state index is 14.0. The first kappa shape index (κ1) is 27.8. The highest BCUT2D eigenvalue weighted by Gasteiger charge is 2.69. The molecular formula is C30H35N3O8. The van der Waals surface area contributed by atoms with Crippen molar-refractivity contribution in [2.24, 2.45) is 29.4 Å². The number of primary amides is 1. The first-order valence-corrected chi connectivity index (χ1v) is 14.1. The Morgan fingerprint density at radius 1 is 1.12 bits per heavy atom. The van der Waals surface area contributed by atoms with E-state index in [1.807, 2.05) is 12.1 Å². The molecule has 0 radical (unpaired) electrons. The topological polar surface area (TPSA) is 175 Å². The van der Waals surface area contributed by atoms with Crippen LogP contribution in [-0.2, 0) is 27.3 Å². The van der Waals surface area contributed by atoms with Crippen LogP contribution < -0.4 is 5.73 Å². The number of likely N-dealkylation sites (tertiary alicyclic amines) is 1. The maximum absolute atomic E-state index is 14.0. The van der Waals surface area contributed by atoms with Gasteiger partial charge in [0.25, 0.3) is 0 Å². The lowest BCUT2D eigenvalue weighted by molar-refractivity contribution is -0.190. The number of benzene rings is 1. The Bertz CT molecular complexity index is 1440. The summed E-state index contributed by atoms with van der Waals surface area (Å²) in [7, 11) is 3.24. The number of aliphatic hydroxyl groups is 2. The molecule has 11 nitrogen and oxygen atoms in total. The average molecular weight is 566 g/mol. The van der Waals surface area contributed by atoms with Gasteiger partial charge in [-0.25, -0.2) is 0 Å². The van der Waals surface area contributed by atoms with E-state index in [1.54, 1.807) is 25.1 Å². The molecule has 6 rings (SSSR count). The summed E-state index contributed by atoms with van der Waals surface area (Å²) in [5.41, 5.74) is 3.88. The van der Waals surface area contributed by atoms with Gasteiger partial charge in [-0.15, -0.1) is 0 Å². The van der Waals surface area contributed by atoms with Crippen molar-refractivity contribution < 1.29 is 38.9 Å². The molecule has 2 heterocycles. The third-order valence-electron chi connectivity index (χ3n) is 9.68. The molecule has 3 fully saturated rings. The summed E-state index contributed by atoms with van der Waals surface area (Å²) in [6, 6.07) is 5.86. The standard InChI is InChI=1S/C30H35N3O8/c1-32(2)24-18-12-14-11-17-16(20-8-5-15(41-20)13-33-9-3-4-10-33)6-7-19(34)22(17)25(35)21(14)27(37)30(18,40)28(38)23(26(24)36)29(31)39/h5-8,14,18,21,23-24,26,34,36,40H,3-4,9-13H2,1-2H3,(H2,31,39)/t14-,18-,21?,23?,24?,26?,30-/m1/s1. The summed E-state index contributed by atoms with van der Waals surface area (Å²) >= 11 is 0. The molecule has 1 saturated heterocycles. The number of rotatable bonds is 5. The highest BCUT2D eigenvalue weighted by Crippen LogP contribution is 2.52. The molecule has 0 spiro atoms. The zero-order chi connectivity index (χ0) is 29.4. The minimum absolute atomic E-state index is 0.0319. The third kappa shape index (κ3) is 4.09. The first-order valence-electron chi connectivity index (χ1n) is 14.1. The third-order valence-corrected chi connectivity index (χ3v) is 9.68. The molecule has 0 bridgehead atoms. The molecule has 7 atom stereocenters. The van der Waals surface area contributed by atoms with Gasteiger partial charge in [0.1, 0.15) is 23.2 Å². The quantitative estimate of drug-likeness (QED) is 0.374. The Balaban J connectivity index is 1.40. The van der Waals surface area contributed by atoms with Crippen molar-refractivity contribution in [2.45, 2.75) is 50.0 Å². The summed E-state index contributed by atoms with van der Waals surface area (Å²) in [5, 5.41) is 33.5.